The second kappa shape index (κ2) is 7.83. The molecule has 0 aliphatic carbocycles. The van der Waals surface area contributed by atoms with Crippen molar-refractivity contribution in [3.05, 3.63) is 35.9 Å². The molecule has 2 unspecified atom stereocenters. The van der Waals surface area contributed by atoms with Gasteiger partial charge in [0.25, 0.3) is 0 Å². The molecule has 0 fully saturated rings. The molecule has 4 N–H and O–H groups in total. The molecule has 0 radical (unpaired) electrons. The highest BCUT2D eigenvalue weighted by atomic mass is 31.2. The number of Topliss-reactive ketones (excluding diaryl/α,β-unsaturated/α-hetero) is 1. The third-order valence-corrected chi connectivity index (χ3v) is 4.04. The number of benzene rings is 1. The summed E-state index contributed by atoms with van der Waals surface area (Å²) in [5.74, 6) is -4.83. The van der Waals surface area contributed by atoms with E-state index in [-0.39, 0.29) is 12.0 Å². The summed E-state index contributed by atoms with van der Waals surface area (Å²) in [7, 11) is -2.85. The van der Waals surface area contributed by atoms with Crippen LogP contribution in [0, 0.1) is 5.92 Å². The van der Waals surface area contributed by atoms with Crippen molar-refractivity contribution in [1.82, 2.24) is 0 Å². The largest absolute Gasteiger partial charge is 0.481 e. The Morgan fingerprint density at radius 1 is 1.05 bits per heavy atom. The molecule has 1 aromatic rings. The van der Waals surface area contributed by atoms with E-state index in [1.165, 1.54) is 12.1 Å². The average Bonchev–Trinajstić information content (AvgIpc) is 2.42. The molecule has 0 amide bonds. The van der Waals surface area contributed by atoms with Gasteiger partial charge in [0, 0.05) is 12.0 Å². The maximum absolute atomic E-state index is 12.3. The fourth-order valence-corrected chi connectivity index (χ4v) is 2.87. The number of carboxylic acid groups (broad SMARTS) is 2. The Morgan fingerprint density at radius 3 is 2.05 bits per heavy atom. The van der Waals surface area contributed by atoms with Gasteiger partial charge in [-0.15, -0.1) is 0 Å². The van der Waals surface area contributed by atoms with Crippen molar-refractivity contribution >= 4 is 26.1 Å². The van der Waals surface area contributed by atoms with E-state index in [2.05, 4.69) is 0 Å². The molecule has 0 bridgehead atoms. The van der Waals surface area contributed by atoms with Gasteiger partial charge in [0.15, 0.2) is 14.2 Å². The average molecular weight is 314 g/mol. The minimum absolute atomic E-state index is 0.152. The number of rotatable bonds is 8. The van der Waals surface area contributed by atoms with Crippen LogP contribution in [0.4, 0.5) is 0 Å². The summed E-state index contributed by atoms with van der Waals surface area (Å²) in [4.78, 5) is 52.9. The Morgan fingerprint density at radius 2 is 1.62 bits per heavy atom. The van der Waals surface area contributed by atoms with Gasteiger partial charge in [0.2, 0.25) is 0 Å². The highest BCUT2D eigenvalue weighted by Gasteiger charge is 2.39. The van der Waals surface area contributed by atoms with Crippen molar-refractivity contribution in [2.24, 2.45) is 5.92 Å². The lowest BCUT2D eigenvalue weighted by molar-refractivity contribution is -0.142. The van der Waals surface area contributed by atoms with Crippen LogP contribution in [0.1, 0.15) is 23.2 Å². The molecule has 0 saturated heterocycles. The summed E-state index contributed by atoms with van der Waals surface area (Å²) < 4.78 is 0. The molecule has 114 valence electrons. The maximum Gasteiger partial charge on any atom is 0.307 e. The van der Waals surface area contributed by atoms with E-state index >= 15 is 0 Å². The van der Waals surface area contributed by atoms with Crippen LogP contribution in [0.25, 0.3) is 0 Å². The molecule has 0 saturated carbocycles. The number of hydrogen-bond donors (Lipinski definition) is 4. The Bertz CT molecular complexity index is 515. The Balaban J connectivity index is 3.04. The van der Waals surface area contributed by atoms with Crippen molar-refractivity contribution in [2.45, 2.75) is 18.5 Å². The maximum atomic E-state index is 12.3. The van der Waals surface area contributed by atoms with Gasteiger partial charge >= 0.3 is 11.9 Å². The van der Waals surface area contributed by atoms with Crippen LogP contribution in [0.5, 0.6) is 0 Å². The Hall–Kier alpha value is -1.82. The topological polar surface area (TPSA) is 132 Å². The molecule has 7 nitrogen and oxygen atoms in total. The lowest BCUT2D eigenvalue weighted by Gasteiger charge is -2.23. The van der Waals surface area contributed by atoms with Crippen LogP contribution < -0.4 is 0 Å². The summed E-state index contributed by atoms with van der Waals surface area (Å²) in [6, 6.07) is 7.66. The van der Waals surface area contributed by atoms with E-state index in [1.807, 2.05) is 0 Å². The quantitative estimate of drug-likeness (QED) is 0.417. The molecule has 0 spiro atoms. The smallest absolute Gasteiger partial charge is 0.307 e. The molecule has 1 aromatic carbocycles. The van der Waals surface area contributed by atoms with Crippen molar-refractivity contribution in [2.75, 3.05) is 0 Å². The second-order valence-corrected chi connectivity index (χ2v) is 5.57. The molecule has 8 heteroatoms. The standard InChI is InChI=1S/C13H15O7P/c14-10(15)7-6-9(13(17)18)12(21(19)20)11(16)8-4-2-1-3-5-8/h1-5,9,12,19-20H,6-7H2,(H,14,15)(H,17,18). The van der Waals surface area contributed by atoms with Gasteiger partial charge in [0.1, 0.15) is 5.66 Å². The van der Waals surface area contributed by atoms with Gasteiger partial charge in [-0.05, 0) is 6.42 Å². The number of ketones is 1. The zero-order valence-electron chi connectivity index (χ0n) is 10.9. The van der Waals surface area contributed by atoms with E-state index in [9.17, 15) is 24.2 Å². The van der Waals surface area contributed by atoms with Gasteiger partial charge in [-0.3, -0.25) is 14.4 Å². The third-order valence-electron chi connectivity index (χ3n) is 2.94. The summed E-state index contributed by atoms with van der Waals surface area (Å²) in [5.41, 5.74) is -1.40. The molecule has 21 heavy (non-hydrogen) atoms. The Labute approximate surface area is 121 Å². The molecule has 0 heterocycles. The molecular weight excluding hydrogens is 299 g/mol. The first kappa shape index (κ1) is 17.2. The summed E-state index contributed by atoms with van der Waals surface area (Å²) in [6.07, 6.45) is -0.827. The number of carboxylic acids is 2. The molecule has 2 atom stereocenters. The van der Waals surface area contributed by atoms with Crippen LogP contribution >= 0.6 is 8.38 Å². The first-order valence-electron chi connectivity index (χ1n) is 6.05. The van der Waals surface area contributed by atoms with Gasteiger partial charge < -0.3 is 20.0 Å². The zero-order valence-corrected chi connectivity index (χ0v) is 11.8. The zero-order chi connectivity index (χ0) is 16.0. The highest BCUT2D eigenvalue weighted by molar-refractivity contribution is 7.47. The van der Waals surface area contributed by atoms with Gasteiger partial charge in [0.05, 0.1) is 5.92 Å². The minimum Gasteiger partial charge on any atom is -0.481 e. The van der Waals surface area contributed by atoms with Gasteiger partial charge in [-0.25, -0.2) is 0 Å². The molecule has 0 aromatic heterocycles. The monoisotopic (exact) mass is 314 g/mol. The van der Waals surface area contributed by atoms with Crippen LogP contribution in [0.15, 0.2) is 30.3 Å². The fraction of sp³-hybridized carbons (Fsp3) is 0.308. The fourth-order valence-electron chi connectivity index (χ4n) is 1.92. The van der Waals surface area contributed by atoms with Gasteiger partial charge in [-0.2, -0.15) is 0 Å². The lowest BCUT2D eigenvalue weighted by Crippen LogP contribution is -2.34. The number of aliphatic carboxylic acids is 2. The first-order valence-corrected chi connectivity index (χ1v) is 7.37. The summed E-state index contributed by atoms with van der Waals surface area (Å²) in [6.45, 7) is 0. The van der Waals surface area contributed by atoms with Crippen molar-refractivity contribution in [3.8, 4) is 0 Å². The van der Waals surface area contributed by atoms with Crippen molar-refractivity contribution in [3.63, 3.8) is 0 Å². The predicted molar refractivity (Wildman–Crippen MR) is 73.9 cm³/mol. The van der Waals surface area contributed by atoms with E-state index < -0.39 is 44.1 Å². The highest BCUT2D eigenvalue weighted by Crippen LogP contribution is 2.40. The van der Waals surface area contributed by atoms with Crippen molar-refractivity contribution in [1.29, 1.82) is 0 Å². The normalized spacial score (nSPS) is 13.7. The van der Waals surface area contributed by atoms with Gasteiger partial charge in [-0.1, -0.05) is 30.3 Å². The lowest BCUT2D eigenvalue weighted by atomic mass is 9.93. The second-order valence-electron chi connectivity index (χ2n) is 4.37. The van der Waals surface area contributed by atoms with Crippen molar-refractivity contribution < 1.29 is 34.4 Å². The number of carbonyl (C=O) groups excluding carboxylic acids is 1. The van der Waals surface area contributed by atoms with Crippen LogP contribution in [0.3, 0.4) is 0 Å². The number of hydrogen-bond acceptors (Lipinski definition) is 5. The number of carbonyl (C=O) groups is 3. The SMILES string of the molecule is O=C(O)CCC(C(=O)O)C(C(=O)c1ccccc1)P(O)O. The summed E-state index contributed by atoms with van der Waals surface area (Å²) in [5, 5.41) is 17.8. The van der Waals surface area contributed by atoms with E-state index in [0.717, 1.165) is 0 Å². The van der Waals surface area contributed by atoms with E-state index in [1.54, 1.807) is 18.2 Å². The van der Waals surface area contributed by atoms with E-state index in [0.29, 0.717) is 0 Å². The third kappa shape index (κ3) is 4.90. The van der Waals surface area contributed by atoms with E-state index in [4.69, 9.17) is 10.2 Å². The molecule has 1 rings (SSSR count). The molecular formula is C13H15O7P. The molecule has 0 aliphatic heterocycles. The predicted octanol–water partition coefficient (Wildman–Crippen LogP) is 1.10. The Kier molecular flexibility index (Phi) is 6.42. The molecule has 0 aliphatic rings. The minimum atomic E-state index is -2.85. The van der Waals surface area contributed by atoms with Crippen LogP contribution in [0.2, 0.25) is 0 Å². The summed E-state index contributed by atoms with van der Waals surface area (Å²) >= 11 is 0. The van der Waals surface area contributed by atoms with Crippen LogP contribution in [-0.4, -0.2) is 43.4 Å². The first-order chi connectivity index (χ1) is 9.84. The van der Waals surface area contributed by atoms with Crippen LogP contribution in [-0.2, 0) is 9.59 Å².